The number of rotatable bonds is 7. The Morgan fingerprint density at radius 2 is 1.61 bits per heavy atom. The lowest BCUT2D eigenvalue weighted by Gasteiger charge is -2.44. The zero-order valence-corrected chi connectivity index (χ0v) is 12.9. The molecule has 0 aromatic carbocycles. The summed E-state index contributed by atoms with van der Waals surface area (Å²) in [5, 5.41) is 0. The Balaban J connectivity index is 2.53. The second-order valence-corrected chi connectivity index (χ2v) is 6.37. The molecule has 1 rings (SSSR count). The number of hydrogen-bond acceptors (Lipinski definition) is 2. The van der Waals surface area contributed by atoms with Gasteiger partial charge in [-0.3, -0.25) is 0 Å². The highest BCUT2D eigenvalue weighted by Gasteiger charge is 2.38. The molecule has 18 heavy (non-hydrogen) atoms. The highest BCUT2D eigenvalue weighted by Crippen LogP contribution is 2.34. The Bertz CT molecular complexity index is 205. The van der Waals surface area contributed by atoms with Crippen LogP contribution in [0.2, 0.25) is 0 Å². The van der Waals surface area contributed by atoms with Crippen LogP contribution in [0, 0.1) is 0 Å². The molecule has 0 amide bonds. The van der Waals surface area contributed by atoms with E-state index in [0.29, 0.717) is 6.04 Å². The molecule has 0 aliphatic heterocycles. The van der Waals surface area contributed by atoms with E-state index in [2.05, 4.69) is 25.9 Å². The van der Waals surface area contributed by atoms with Crippen LogP contribution in [0.1, 0.15) is 77.6 Å². The van der Waals surface area contributed by atoms with E-state index in [1.165, 1.54) is 70.6 Å². The molecule has 108 valence electrons. The molecule has 2 N–H and O–H groups in total. The van der Waals surface area contributed by atoms with Crippen LogP contribution in [0.25, 0.3) is 0 Å². The van der Waals surface area contributed by atoms with Crippen LogP contribution < -0.4 is 5.73 Å². The van der Waals surface area contributed by atoms with E-state index in [1.54, 1.807) is 0 Å². The van der Waals surface area contributed by atoms with Gasteiger partial charge in [0.2, 0.25) is 0 Å². The summed E-state index contributed by atoms with van der Waals surface area (Å²) in [6.07, 6.45) is 14.7. The first-order valence-corrected chi connectivity index (χ1v) is 8.06. The first-order chi connectivity index (χ1) is 8.63. The summed E-state index contributed by atoms with van der Waals surface area (Å²) in [7, 11) is 4.47. The van der Waals surface area contributed by atoms with E-state index in [4.69, 9.17) is 5.73 Å². The van der Waals surface area contributed by atoms with E-state index in [1.807, 2.05) is 0 Å². The number of unbranched alkanes of at least 4 members (excludes halogenated alkanes) is 3. The van der Waals surface area contributed by atoms with Crippen molar-refractivity contribution in [3.8, 4) is 0 Å². The van der Waals surface area contributed by atoms with E-state index in [0.717, 1.165) is 0 Å². The smallest absolute Gasteiger partial charge is 0.0354 e. The van der Waals surface area contributed by atoms with Crippen LogP contribution >= 0.6 is 0 Å². The molecule has 1 unspecified atom stereocenters. The Labute approximate surface area is 114 Å². The summed E-state index contributed by atoms with van der Waals surface area (Å²) in [5.74, 6) is 0. The Kier molecular flexibility index (Phi) is 7.25. The van der Waals surface area contributed by atoms with Gasteiger partial charge >= 0.3 is 0 Å². The predicted molar refractivity (Wildman–Crippen MR) is 80.9 cm³/mol. The number of nitrogens with zero attached hydrogens (tertiary/aromatic N) is 1. The van der Waals surface area contributed by atoms with Crippen molar-refractivity contribution in [2.75, 3.05) is 14.1 Å². The Morgan fingerprint density at radius 3 is 2.11 bits per heavy atom. The zero-order valence-electron chi connectivity index (χ0n) is 12.9. The largest absolute Gasteiger partial charge is 0.326 e. The van der Waals surface area contributed by atoms with Gasteiger partial charge in [0.1, 0.15) is 0 Å². The van der Waals surface area contributed by atoms with Gasteiger partial charge in [-0.1, -0.05) is 58.3 Å². The molecule has 1 aliphatic carbocycles. The van der Waals surface area contributed by atoms with Crippen LogP contribution in [0.5, 0.6) is 0 Å². The van der Waals surface area contributed by atoms with Gasteiger partial charge in [-0.2, -0.15) is 0 Å². The number of likely N-dealkylation sites (N-methyl/N-ethyl adjacent to an activating group) is 1. The maximum atomic E-state index is 6.59. The average molecular weight is 254 g/mol. The topological polar surface area (TPSA) is 29.3 Å². The first kappa shape index (κ1) is 16.0. The molecule has 2 nitrogen and oxygen atoms in total. The van der Waals surface area contributed by atoms with Crippen LogP contribution in [-0.4, -0.2) is 30.6 Å². The van der Waals surface area contributed by atoms with Gasteiger partial charge in [-0.25, -0.2) is 0 Å². The van der Waals surface area contributed by atoms with Gasteiger partial charge in [0.15, 0.2) is 0 Å². The lowest BCUT2D eigenvalue weighted by Crippen LogP contribution is -2.57. The van der Waals surface area contributed by atoms with E-state index >= 15 is 0 Å². The van der Waals surface area contributed by atoms with Crippen LogP contribution in [0.15, 0.2) is 0 Å². The summed E-state index contributed by atoms with van der Waals surface area (Å²) in [6.45, 7) is 2.27. The SMILES string of the molecule is CCCCCCC(N)C1(N(C)C)CCCCCC1. The summed E-state index contributed by atoms with van der Waals surface area (Å²) >= 11 is 0. The number of nitrogens with two attached hydrogens (primary N) is 1. The molecule has 0 aromatic rings. The normalized spacial score (nSPS) is 21.8. The second kappa shape index (κ2) is 8.16. The third-order valence-electron chi connectivity index (χ3n) is 4.92. The van der Waals surface area contributed by atoms with E-state index < -0.39 is 0 Å². The molecule has 1 atom stereocenters. The maximum Gasteiger partial charge on any atom is 0.0354 e. The summed E-state index contributed by atoms with van der Waals surface area (Å²) in [5.41, 5.74) is 6.87. The van der Waals surface area contributed by atoms with Crippen LogP contribution in [-0.2, 0) is 0 Å². The lowest BCUT2D eigenvalue weighted by molar-refractivity contribution is 0.0920. The zero-order chi connectivity index (χ0) is 13.4. The quantitative estimate of drug-likeness (QED) is 0.551. The predicted octanol–water partition coefficient (Wildman–Crippen LogP) is 3.94. The summed E-state index contributed by atoms with van der Waals surface area (Å²) in [6, 6.07) is 0.363. The van der Waals surface area contributed by atoms with Crippen molar-refractivity contribution in [1.82, 2.24) is 4.90 Å². The highest BCUT2D eigenvalue weighted by atomic mass is 15.2. The molecule has 0 saturated heterocycles. The fourth-order valence-corrected chi connectivity index (χ4v) is 3.55. The minimum Gasteiger partial charge on any atom is -0.326 e. The molecular formula is C16H34N2. The fraction of sp³-hybridized carbons (Fsp3) is 1.00. The molecule has 0 radical (unpaired) electrons. The number of hydrogen-bond donors (Lipinski definition) is 1. The van der Waals surface area contributed by atoms with Gasteiger partial charge < -0.3 is 10.6 Å². The standard InChI is InChI=1S/C16H34N2/c1-4-5-6-9-12-15(17)16(18(2)3)13-10-7-8-11-14-16/h15H,4-14,17H2,1-3H3. The van der Waals surface area contributed by atoms with Crippen molar-refractivity contribution >= 4 is 0 Å². The molecular weight excluding hydrogens is 220 g/mol. The molecule has 0 spiro atoms. The van der Waals surface area contributed by atoms with Gasteiger partial charge in [-0.05, 0) is 33.4 Å². The third kappa shape index (κ3) is 4.24. The fourth-order valence-electron chi connectivity index (χ4n) is 3.55. The van der Waals surface area contributed by atoms with Crippen molar-refractivity contribution in [3.05, 3.63) is 0 Å². The van der Waals surface area contributed by atoms with Crippen molar-refractivity contribution in [2.24, 2.45) is 5.73 Å². The third-order valence-corrected chi connectivity index (χ3v) is 4.92. The van der Waals surface area contributed by atoms with E-state index in [-0.39, 0.29) is 5.54 Å². The molecule has 0 bridgehead atoms. The molecule has 0 aromatic heterocycles. The lowest BCUT2D eigenvalue weighted by atomic mass is 9.79. The van der Waals surface area contributed by atoms with Gasteiger partial charge in [0.05, 0.1) is 0 Å². The maximum absolute atomic E-state index is 6.59. The minimum atomic E-state index is 0.280. The van der Waals surface area contributed by atoms with Crippen molar-refractivity contribution in [3.63, 3.8) is 0 Å². The van der Waals surface area contributed by atoms with Gasteiger partial charge in [-0.15, -0.1) is 0 Å². The Hall–Kier alpha value is -0.0800. The molecule has 1 aliphatic rings. The monoisotopic (exact) mass is 254 g/mol. The summed E-state index contributed by atoms with van der Waals surface area (Å²) in [4.78, 5) is 2.43. The van der Waals surface area contributed by atoms with Gasteiger partial charge in [0.25, 0.3) is 0 Å². The van der Waals surface area contributed by atoms with Crippen molar-refractivity contribution < 1.29 is 0 Å². The van der Waals surface area contributed by atoms with Crippen LogP contribution in [0.3, 0.4) is 0 Å². The van der Waals surface area contributed by atoms with Crippen molar-refractivity contribution in [2.45, 2.75) is 89.1 Å². The Morgan fingerprint density at radius 1 is 1.00 bits per heavy atom. The molecule has 2 heteroatoms. The second-order valence-electron chi connectivity index (χ2n) is 6.37. The van der Waals surface area contributed by atoms with E-state index in [9.17, 15) is 0 Å². The van der Waals surface area contributed by atoms with Gasteiger partial charge in [0, 0.05) is 11.6 Å². The molecule has 1 saturated carbocycles. The first-order valence-electron chi connectivity index (χ1n) is 8.06. The highest BCUT2D eigenvalue weighted by molar-refractivity contribution is 4.98. The minimum absolute atomic E-state index is 0.280. The molecule has 0 heterocycles. The molecule has 1 fully saturated rings. The average Bonchev–Trinajstić information content (AvgIpc) is 2.61. The van der Waals surface area contributed by atoms with Crippen molar-refractivity contribution in [1.29, 1.82) is 0 Å². The van der Waals surface area contributed by atoms with Crippen LogP contribution in [0.4, 0.5) is 0 Å². The summed E-state index contributed by atoms with van der Waals surface area (Å²) < 4.78 is 0.